The number of nitrogens with zero attached hydrogens (tertiary/aromatic N) is 2. The summed E-state index contributed by atoms with van der Waals surface area (Å²) in [7, 11) is 0. The minimum atomic E-state index is -0.602. The smallest absolute Gasteiger partial charge is 0.281 e. The van der Waals surface area contributed by atoms with Crippen LogP contribution in [0.15, 0.2) is 63.1 Å². The van der Waals surface area contributed by atoms with Crippen LogP contribution >= 0.6 is 11.6 Å². The number of halogens is 1. The summed E-state index contributed by atoms with van der Waals surface area (Å²) in [5.41, 5.74) is -0.165. The van der Waals surface area contributed by atoms with Crippen molar-refractivity contribution < 1.29 is 18.6 Å². The predicted molar refractivity (Wildman–Crippen MR) is 100.0 cm³/mol. The second-order valence-electron chi connectivity index (χ2n) is 5.55. The number of amides is 1. The maximum absolute atomic E-state index is 12.1. The predicted octanol–water partition coefficient (Wildman–Crippen LogP) is 4.32. The van der Waals surface area contributed by atoms with E-state index in [0.717, 1.165) is 0 Å². The summed E-state index contributed by atoms with van der Waals surface area (Å²) in [5.74, 6) is 0.349. The van der Waals surface area contributed by atoms with E-state index in [-0.39, 0.29) is 39.9 Å². The van der Waals surface area contributed by atoms with Crippen LogP contribution in [-0.2, 0) is 11.3 Å². The summed E-state index contributed by atoms with van der Waals surface area (Å²) in [4.78, 5) is 22.8. The Balaban J connectivity index is 1.82. The van der Waals surface area contributed by atoms with E-state index < -0.39 is 10.8 Å². The summed E-state index contributed by atoms with van der Waals surface area (Å²) >= 11 is 5.81. The van der Waals surface area contributed by atoms with Crippen molar-refractivity contribution in [2.24, 2.45) is 0 Å². The summed E-state index contributed by atoms with van der Waals surface area (Å²) in [5, 5.41) is 23.2. The lowest BCUT2D eigenvalue weighted by Gasteiger charge is -2.01. The number of nitriles is 1. The summed E-state index contributed by atoms with van der Waals surface area (Å²) < 4.78 is 10.7. The van der Waals surface area contributed by atoms with Crippen LogP contribution in [0.3, 0.4) is 0 Å². The first-order valence-corrected chi connectivity index (χ1v) is 8.32. The molecule has 0 bridgehead atoms. The minimum Gasteiger partial charge on any atom is -0.467 e. The Morgan fingerprint density at radius 3 is 2.82 bits per heavy atom. The molecule has 0 saturated carbocycles. The van der Waals surface area contributed by atoms with Crippen molar-refractivity contribution in [2.75, 3.05) is 0 Å². The number of benzene rings is 1. The van der Waals surface area contributed by atoms with Gasteiger partial charge >= 0.3 is 0 Å². The molecular formula is C19H12ClN3O5. The van der Waals surface area contributed by atoms with E-state index in [1.54, 1.807) is 18.2 Å². The molecule has 0 radical (unpaired) electrons. The van der Waals surface area contributed by atoms with E-state index in [4.69, 9.17) is 20.4 Å². The quantitative estimate of drug-likeness (QED) is 0.286. The third-order valence-electron chi connectivity index (χ3n) is 3.70. The molecular weight excluding hydrogens is 386 g/mol. The molecule has 0 aliphatic rings. The number of carbonyl (C=O) groups excluding carboxylic acids is 1. The highest BCUT2D eigenvalue weighted by Gasteiger charge is 2.19. The van der Waals surface area contributed by atoms with Gasteiger partial charge in [0.1, 0.15) is 28.9 Å². The lowest BCUT2D eigenvalue weighted by molar-refractivity contribution is -0.384. The zero-order valence-electron chi connectivity index (χ0n) is 14.2. The monoisotopic (exact) mass is 397 g/mol. The van der Waals surface area contributed by atoms with Crippen LogP contribution in [0, 0.1) is 21.4 Å². The normalized spacial score (nSPS) is 11.1. The number of nitrogens with one attached hydrogen (secondary N) is 1. The molecule has 2 aromatic heterocycles. The number of nitro groups is 1. The molecule has 3 aromatic rings. The van der Waals surface area contributed by atoms with Crippen molar-refractivity contribution in [2.45, 2.75) is 6.54 Å². The van der Waals surface area contributed by atoms with Crippen molar-refractivity contribution in [3.8, 4) is 17.4 Å². The van der Waals surface area contributed by atoms with Gasteiger partial charge in [-0.1, -0.05) is 11.6 Å². The largest absolute Gasteiger partial charge is 0.467 e. The molecule has 0 aliphatic heterocycles. The minimum absolute atomic E-state index is 0.130. The van der Waals surface area contributed by atoms with Crippen LogP contribution in [0.1, 0.15) is 11.5 Å². The van der Waals surface area contributed by atoms with Crippen molar-refractivity contribution in [1.29, 1.82) is 5.26 Å². The second-order valence-corrected chi connectivity index (χ2v) is 5.99. The van der Waals surface area contributed by atoms with Gasteiger partial charge in [-0.2, -0.15) is 5.26 Å². The van der Waals surface area contributed by atoms with E-state index in [1.807, 2.05) is 0 Å². The average molecular weight is 398 g/mol. The fourth-order valence-corrected chi connectivity index (χ4v) is 2.57. The first-order valence-electron chi connectivity index (χ1n) is 7.94. The fraction of sp³-hybridized carbons (Fsp3) is 0.0526. The van der Waals surface area contributed by atoms with Crippen LogP contribution in [0.4, 0.5) is 5.69 Å². The van der Waals surface area contributed by atoms with E-state index >= 15 is 0 Å². The number of furan rings is 2. The molecule has 0 saturated heterocycles. The number of hydrogen-bond donors (Lipinski definition) is 1. The second kappa shape index (κ2) is 8.24. The average Bonchev–Trinajstić information content (AvgIpc) is 3.36. The Kier molecular flexibility index (Phi) is 5.58. The number of carbonyl (C=O) groups is 1. The van der Waals surface area contributed by atoms with Crippen molar-refractivity contribution in [3.05, 3.63) is 81.0 Å². The topological polar surface area (TPSA) is 122 Å². The molecule has 1 N–H and O–H groups in total. The van der Waals surface area contributed by atoms with Crippen LogP contribution < -0.4 is 5.32 Å². The third kappa shape index (κ3) is 4.28. The van der Waals surface area contributed by atoms with E-state index in [9.17, 15) is 20.2 Å². The third-order valence-corrected chi connectivity index (χ3v) is 3.94. The lowest BCUT2D eigenvalue weighted by atomic mass is 10.1. The SMILES string of the molecule is N#C/C(=C\c1ccc(-c2ccc(Cl)cc2[N+](=O)[O-])o1)C(=O)NCc1ccco1. The molecule has 2 heterocycles. The fourth-order valence-electron chi connectivity index (χ4n) is 2.41. The van der Waals surface area contributed by atoms with Gasteiger partial charge in [-0.25, -0.2) is 0 Å². The van der Waals surface area contributed by atoms with Gasteiger partial charge in [0, 0.05) is 17.2 Å². The van der Waals surface area contributed by atoms with Gasteiger partial charge in [0.2, 0.25) is 0 Å². The van der Waals surface area contributed by atoms with Crippen LogP contribution in [0.25, 0.3) is 17.4 Å². The van der Waals surface area contributed by atoms with Crippen LogP contribution in [0.5, 0.6) is 0 Å². The Hall–Kier alpha value is -3.83. The number of hydrogen-bond acceptors (Lipinski definition) is 6. The highest BCUT2D eigenvalue weighted by Crippen LogP contribution is 2.33. The summed E-state index contributed by atoms with van der Waals surface area (Å²) in [6.45, 7) is 0.130. The van der Waals surface area contributed by atoms with Gasteiger partial charge in [-0.3, -0.25) is 14.9 Å². The van der Waals surface area contributed by atoms with Gasteiger partial charge in [0.25, 0.3) is 11.6 Å². The molecule has 1 aromatic carbocycles. The molecule has 0 atom stereocenters. The molecule has 9 heteroatoms. The first kappa shape index (κ1) is 18.9. The van der Waals surface area contributed by atoms with Gasteiger partial charge in [0.05, 0.1) is 23.3 Å². The Labute approximate surface area is 163 Å². The standard InChI is InChI=1S/C19H12ClN3O5/c20-13-3-5-16(17(9-13)23(25)26)18-6-4-14(28-18)8-12(10-21)19(24)22-11-15-2-1-7-27-15/h1-9H,11H2,(H,22,24)/b12-8+. The first-order chi connectivity index (χ1) is 13.5. The molecule has 0 unspecified atom stereocenters. The molecule has 3 rings (SSSR count). The maximum Gasteiger partial charge on any atom is 0.281 e. The molecule has 8 nitrogen and oxygen atoms in total. The highest BCUT2D eigenvalue weighted by atomic mass is 35.5. The molecule has 1 amide bonds. The molecule has 28 heavy (non-hydrogen) atoms. The van der Waals surface area contributed by atoms with Gasteiger partial charge < -0.3 is 14.2 Å². The van der Waals surface area contributed by atoms with Gasteiger partial charge in [-0.05, 0) is 36.4 Å². The van der Waals surface area contributed by atoms with Crippen LogP contribution in [0.2, 0.25) is 5.02 Å². The van der Waals surface area contributed by atoms with E-state index in [2.05, 4.69) is 5.32 Å². The van der Waals surface area contributed by atoms with Crippen molar-refractivity contribution >= 4 is 29.3 Å². The van der Waals surface area contributed by atoms with Gasteiger partial charge in [-0.15, -0.1) is 0 Å². The zero-order valence-corrected chi connectivity index (χ0v) is 15.0. The molecule has 140 valence electrons. The van der Waals surface area contributed by atoms with Gasteiger partial charge in [0.15, 0.2) is 0 Å². The Morgan fingerprint density at radius 2 is 2.14 bits per heavy atom. The molecule has 0 fully saturated rings. The van der Waals surface area contributed by atoms with Crippen molar-refractivity contribution in [3.63, 3.8) is 0 Å². The Morgan fingerprint density at radius 1 is 1.32 bits per heavy atom. The maximum atomic E-state index is 12.1. The highest BCUT2D eigenvalue weighted by molar-refractivity contribution is 6.30. The van der Waals surface area contributed by atoms with E-state index in [1.165, 1.54) is 42.7 Å². The zero-order chi connectivity index (χ0) is 20.1. The molecule has 0 spiro atoms. The summed E-state index contributed by atoms with van der Waals surface area (Å²) in [6, 6.07) is 12.4. The number of nitro benzene ring substituents is 1. The van der Waals surface area contributed by atoms with Crippen LogP contribution in [-0.4, -0.2) is 10.8 Å². The lowest BCUT2D eigenvalue weighted by Crippen LogP contribution is -2.23. The van der Waals surface area contributed by atoms with Crippen molar-refractivity contribution in [1.82, 2.24) is 5.32 Å². The van der Waals surface area contributed by atoms with E-state index in [0.29, 0.717) is 5.76 Å². The Bertz CT molecular complexity index is 1090. The summed E-state index contributed by atoms with van der Waals surface area (Å²) in [6.07, 6.45) is 2.73. The number of rotatable bonds is 6. The molecule has 0 aliphatic carbocycles.